The summed E-state index contributed by atoms with van der Waals surface area (Å²) in [6.07, 6.45) is 3.65. The Bertz CT molecular complexity index is 406. The van der Waals surface area contributed by atoms with Gasteiger partial charge in [-0.3, -0.25) is 0 Å². The Morgan fingerprint density at radius 3 is 3.05 bits per heavy atom. The van der Waals surface area contributed by atoms with Crippen LogP contribution in [0.4, 0.5) is 0 Å². The zero-order valence-corrected chi connectivity index (χ0v) is 12.8. The van der Waals surface area contributed by atoms with Crippen LogP contribution in [-0.4, -0.2) is 37.2 Å². The van der Waals surface area contributed by atoms with Crippen LogP contribution in [-0.2, 0) is 0 Å². The summed E-state index contributed by atoms with van der Waals surface area (Å²) in [5.74, 6) is 1.65. The molecule has 0 radical (unpaired) electrons. The molecule has 2 unspecified atom stereocenters. The minimum Gasteiger partial charge on any atom is -0.494 e. The molecule has 0 aliphatic carbocycles. The predicted molar refractivity (Wildman–Crippen MR) is 84.1 cm³/mol. The van der Waals surface area contributed by atoms with Crippen LogP contribution in [0.15, 0.2) is 24.3 Å². The van der Waals surface area contributed by atoms with Crippen molar-refractivity contribution in [2.75, 3.05) is 26.2 Å². The largest absolute Gasteiger partial charge is 0.494 e. The van der Waals surface area contributed by atoms with E-state index in [-0.39, 0.29) is 0 Å². The molecule has 1 fully saturated rings. The summed E-state index contributed by atoms with van der Waals surface area (Å²) in [4.78, 5) is 2.54. The molecule has 1 aromatic carbocycles. The topological polar surface area (TPSA) is 38.5 Å². The summed E-state index contributed by atoms with van der Waals surface area (Å²) in [5, 5.41) is 0. The zero-order chi connectivity index (χ0) is 14.4. The number of aryl methyl sites for hydroxylation is 1. The number of ether oxygens (including phenoxy) is 1. The lowest BCUT2D eigenvalue weighted by Crippen LogP contribution is -2.42. The van der Waals surface area contributed by atoms with Gasteiger partial charge in [-0.05, 0) is 63.3 Å². The molecule has 112 valence electrons. The second-order valence-electron chi connectivity index (χ2n) is 6.08. The Hall–Kier alpha value is -1.06. The average Bonchev–Trinajstić information content (AvgIpc) is 2.44. The molecule has 0 amide bonds. The van der Waals surface area contributed by atoms with Crippen molar-refractivity contribution in [3.05, 3.63) is 29.8 Å². The second kappa shape index (κ2) is 7.65. The second-order valence-corrected chi connectivity index (χ2v) is 6.08. The van der Waals surface area contributed by atoms with Crippen LogP contribution >= 0.6 is 0 Å². The number of benzene rings is 1. The van der Waals surface area contributed by atoms with Crippen molar-refractivity contribution < 1.29 is 4.74 Å². The van der Waals surface area contributed by atoms with Crippen LogP contribution in [0.5, 0.6) is 5.75 Å². The van der Waals surface area contributed by atoms with Crippen molar-refractivity contribution in [1.29, 1.82) is 0 Å². The number of nitrogens with zero attached hydrogens (tertiary/aromatic N) is 1. The fourth-order valence-electron chi connectivity index (χ4n) is 2.91. The van der Waals surface area contributed by atoms with E-state index >= 15 is 0 Å². The third kappa shape index (κ3) is 4.80. The van der Waals surface area contributed by atoms with Crippen molar-refractivity contribution >= 4 is 0 Å². The van der Waals surface area contributed by atoms with E-state index in [1.165, 1.54) is 24.9 Å². The molecule has 20 heavy (non-hydrogen) atoms. The lowest BCUT2D eigenvalue weighted by molar-refractivity contribution is 0.151. The highest BCUT2D eigenvalue weighted by Gasteiger charge is 2.21. The molecule has 1 saturated heterocycles. The highest BCUT2D eigenvalue weighted by atomic mass is 16.5. The highest BCUT2D eigenvalue weighted by Crippen LogP contribution is 2.19. The monoisotopic (exact) mass is 276 g/mol. The Labute approximate surface area is 123 Å². The third-order valence-corrected chi connectivity index (χ3v) is 4.16. The van der Waals surface area contributed by atoms with Crippen molar-refractivity contribution in [3.8, 4) is 5.75 Å². The first kappa shape index (κ1) is 15.3. The van der Waals surface area contributed by atoms with E-state index < -0.39 is 0 Å². The van der Waals surface area contributed by atoms with Gasteiger partial charge in [0.1, 0.15) is 5.75 Å². The van der Waals surface area contributed by atoms with Crippen LogP contribution in [0.1, 0.15) is 31.7 Å². The quantitative estimate of drug-likeness (QED) is 0.812. The number of hydrogen-bond donors (Lipinski definition) is 1. The van der Waals surface area contributed by atoms with Gasteiger partial charge in [0.15, 0.2) is 0 Å². The first-order chi connectivity index (χ1) is 9.65. The molecule has 3 nitrogen and oxygen atoms in total. The number of nitrogens with two attached hydrogens (primary N) is 1. The molecule has 0 aromatic heterocycles. The first-order valence-corrected chi connectivity index (χ1v) is 7.82. The SMILES string of the molecule is Cc1cccc(OCCCN2CCCC(C(C)N)C2)c1. The summed E-state index contributed by atoms with van der Waals surface area (Å²) in [6, 6.07) is 8.57. The fraction of sp³-hybridized carbons (Fsp3) is 0.647. The van der Waals surface area contributed by atoms with Crippen LogP contribution in [0.25, 0.3) is 0 Å². The summed E-state index contributed by atoms with van der Waals surface area (Å²) in [7, 11) is 0. The highest BCUT2D eigenvalue weighted by molar-refractivity contribution is 5.27. The molecule has 0 saturated carbocycles. The average molecular weight is 276 g/mol. The van der Waals surface area contributed by atoms with E-state index in [2.05, 4.69) is 30.9 Å². The molecular formula is C17H28N2O. The van der Waals surface area contributed by atoms with E-state index in [0.29, 0.717) is 12.0 Å². The summed E-state index contributed by atoms with van der Waals surface area (Å²) in [5.41, 5.74) is 7.27. The van der Waals surface area contributed by atoms with E-state index in [4.69, 9.17) is 10.5 Å². The van der Waals surface area contributed by atoms with Crippen molar-refractivity contribution in [2.24, 2.45) is 11.7 Å². The van der Waals surface area contributed by atoms with Gasteiger partial charge in [0.2, 0.25) is 0 Å². The summed E-state index contributed by atoms with van der Waals surface area (Å²) < 4.78 is 5.80. The third-order valence-electron chi connectivity index (χ3n) is 4.16. The number of piperidine rings is 1. The molecule has 2 atom stereocenters. The Balaban J connectivity index is 1.66. The number of rotatable bonds is 6. The van der Waals surface area contributed by atoms with Gasteiger partial charge in [0, 0.05) is 19.1 Å². The predicted octanol–water partition coefficient (Wildman–Crippen LogP) is 2.82. The van der Waals surface area contributed by atoms with E-state index in [1.807, 2.05) is 12.1 Å². The fourth-order valence-corrected chi connectivity index (χ4v) is 2.91. The molecule has 1 heterocycles. The standard InChI is InChI=1S/C17H28N2O/c1-14-6-3-8-17(12-14)20-11-5-10-19-9-4-7-16(13-19)15(2)18/h3,6,8,12,15-16H,4-5,7,9-11,13,18H2,1-2H3. The molecule has 2 rings (SSSR count). The molecule has 1 aliphatic heterocycles. The van der Waals surface area contributed by atoms with Gasteiger partial charge in [0.25, 0.3) is 0 Å². The maximum Gasteiger partial charge on any atom is 0.119 e. The normalized spacial score (nSPS) is 21.6. The number of likely N-dealkylation sites (tertiary alicyclic amines) is 1. The van der Waals surface area contributed by atoms with Crippen LogP contribution in [0.2, 0.25) is 0 Å². The smallest absolute Gasteiger partial charge is 0.119 e. The van der Waals surface area contributed by atoms with Gasteiger partial charge < -0.3 is 15.4 Å². The van der Waals surface area contributed by atoms with Gasteiger partial charge >= 0.3 is 0 Å². The van der Waals surface area contributed by atoms with Gasteiger partial charge in [-0.2, -0.15) is 0 Å². The van der Waals surface area contributed by atoms with Crippen molar-refractivity contribution in [2.45, 2.75) is 39.2 Å². The Morgan fingerprint density at radius 2 is 2.30 bits per heavy atom. The van der Waals surface area contributed by atoms with Crippen LogP contribution in [0, 0.1) is 12.8 Å². The molecule has 1 aliphatic rings. The zero-order valence-electron chi connectivity index (χ0n) is 12.8. The minimum atomic E-state index is 0.321. The molecule has 2 N–H and O–H groups in total. The van der Waals surface area contributed by atoms with E-state index in [0.717, 1.165) is 31.9 Å². The maximum absolute atomic E-state index is 6.02. The molecule has 0 bridgehead atoms. The van der Waals surface area contributed by atoms with Gasteiger partial charge in [-0.25, -0.2) is 0 Å². The first-order valence-electron chi connectivity index (χ1n) is 7.82. The van der Waals surface area contributed by atoms with E-state index in [1.54, 1.807) is 0 Å². The minimum absolute atomic E-state index is 0.321. The van der Waals surface area contributed by atoms with Crippen molar-refractivity contribution in [1.82, 2.24) is 4.90 Å². The number of hydrogen-bond acceptors (Lipinski definition) is 3. The van der Waals surface area contributed by atoms with Crippen LogP contribution < -0.4 is 10.5 Å². The summed E-state index contributed by atoms with van der Waals surface area (Å²) in [6.45, 7) is 8.51. The molecule has 1 aromatic rings. The lowest BCUT2D eigenvalue weighted by Gasteiger charge is -2.34. The molecular weight excluding hydrogens is 248 g/mol. The molecule has 3 heteroatoms. The van der Waals surface area contributed by atoms with Crippen molar-refractivity contribution in [3.63, 3.8) is 0 Å². The van der Waals surface area contributed by atoms with Gasteiger partial charge in [0.05, 0.1) is 6.61 Å². The lowest BCUT2D eigenvalue weighted by atomic mass is 9.92. The maximum atomic E-state index is 6.02. The van der Waals surface area contributed by atoms with Gasteiger partial charge in [-0.1, -0.05) is 12.1 Å². The van der Waals surface area contributed by atoms with Crippen LogP contribution in [0.3, 0.4) is 0 Å². The summed E-state index contributed by atoms with van der Waals surface area (Å²) >= 11 is 0. The molecule has 0 spiro atoms. The van der Waals surface area contributed by atoms with Gasteiger partial charge in [-0.15, -0.1) is 0 Å². The Kier molecular flexibility index (Phi) is 5.86. The Morgan fingerprint density at radius 1 is 1.45 bits per heavy atom. The van der Waals surface area contributed by atoms with E-state index in [9.17, 15) is 0 Å².